The van der Waals surface area contributed by atoms with Crippen LogP contribution in [0.3, 0.4) is 0 Å². The van der Waals surface area contributed by atoms with Gasteiger partial charge in [0, 0.05) is 30.7 Å². The Hall–Kier alpha value is -2.67. The fourth-order valence-electron chi connectivity index (χ4n) is 3.83. The summed E-state index contributed by atoms with van der Waals surface area (Å²) in [7, 11) is 0. The third kappa shape index (κ3) is 3.88. The predicted molar refractivity (Wildman–Crippen MR) is 106 cm³/mol. The van der Waals surface area contributed by atoms with Crippen LogP contribution in [0.1, 0.15) is 47.3 Å². The number of aromatic nitrogens is 2. The summed E-state index contributed by atoms with van der Waals surface area (Å²) < 4.78 is 0. The standard InChI is InChI=1S/C20H26N6O/c1-12-5-4-6-13(11-12)23-18-17-16(9-10-22-19(17)27)25-20(26-18)24-15-8-3-2-7-14(15)21/h4-6,11,14-15H,2-3,7-10,21H2,1H3,(H,22,27)(H2,23,24,25,26)/t14-,15+/m0/s1. The smallest absolute Gasteiger partial charge is 0.256 e. The topological polar surface area (TPSA) is 105 Å². The number of benzene rings is 1. The summed E-state index contributed by atoms with van der Waals surface area (Å²) in [6, 6.07) is 8.28. The highest BCUT2D eigenvalue weighted by Crippen LogP contribution is 2.27. The summed E-state index contributed by atoms with van der Waals surface area (Å²) in [5.41, 5.74) is 9.61. The third-order valence-corrected chi connectivity index (χ3v) is 5.27. The van der Waals surface area contributed by atoms with Gasteiger partial charge in [-0.1, -0.05) is 25.0 Å². The van der Waals surface area contributed by atoms with Crippen molar-refractivity contribution >= 4 is 23.4 Å². The number of carbonyl (C=O) groups is 1. The van der Waals surface area contributed by atoms with E-state index in [1.54, 1.807) is 0 Å². The summed E-state index contributed by atoms with van der Waals surface area (Å²) in [5.74, 6) is 0.947. The Morgan fingerprint density at radius 3 is 2.89 bits per heavy atom. The van der Waals surface area contributed by atoms with Crippen LogP contribution in [0.2, 0.25) is 0 Å². The molecular formula is C20H26N6O. The first-order valence-corrected chi connectivity index (χ1v) is 9.65. The Labute approximate surface area is 159 Å². The van der Waals surface area contributed by atoms with Crippen molar-refractivity contribution in [2.45, 2.75) is 51.1 Å². The fraction of sp³-hybridized carbons (Fsp3) is 0.450. The number of amides is 1. The second-order valence-electron chi connectivity index (χ2n) is 7.42. The van der Waals surface area contributed by atoms with E-state index in [4.69, 9.17) is 5.73 Å². The maximum Gasteiger partial charge on any atom is 0.256 e. The average molecular weight is 366 g/mol. The maximum atomic E-state index is 12.4. The number of anilines is 3. The van der Waals surface area contributed by atoms with E-state index in [2.05, 4.69) is 25.9 Å². The molecule has 0 bridgehead atoms. The van der Waals surface area contributed by atoms with E-state index in [0.717, 1.165) is 36.2 Å². The highest BCUT2D eigenvalue weighted by molar-refractivity contribution is 6.01. The zero-order valence-electron chi connectivity index (χ0n) is 15.6. The molecule has 0 spiro atoms. The molecule has 0 radical (unpaired) electrons. The molecular weight excluding hydrogens is 340 g/mol. The first kappa shape index (κ1) is 17.7. The van der Waals surface area contributed by atoms with Crippen LogP contribution < -0.4 is 21.7 Å². The minimum atomic E-state index is -0.132. The molecule has 2 aromatic rings. The second-order valence-corrected chi connectivity index (χ2v) is 7.42. The first-order chi connectivity index (χ1) is 13.1. The van der Waals surface area contributed by atoms with Crippen LogP contribution in [0.15, 0.2) is 24.3 Å². The lowest BCUT2D eigenvalue weighted by atomic mass is 9.91. The minimum Gasteiger partial charge on any atom is -0.351 e. The van der Waals surface area contributed by atoms with Gasteiger partial charge in [0.1, 0.15) is 11.4 Å². The van der Waals surface area contributed by atoms with Gasteiger partial charge in [0.05, 0.1) is 5.69 Å². The Balaban J connectivity index is 1.68. The SMILES string of the molecule is Cc1cccc(Nc2nc(N[C@@H]3CCCC[C@@H]3N)nc3c2C(=O)NCC3)c1. The van der Waals surface area contributed by atoms with Gasteiger partial charge in [-0.25, -0.2) is 4.98 Å². The highest BCUT2D eigenvalue weighted by atomic mass is 16.1. The zero-order chi connectivity index (χ0) is 18.8. The van der Waals surface area contributed by atoms with Crippen LogP contribution in [0.25, 0.3) is 0 Å². The van der Waals surface area contributed by atoms with Crippen LogP contribution in [0.4, 0.5) is 17.5 Å². The van der Waals surface area contributed by atoms with Gasteiger partial charge in [-0.05, 0) is 37.5 Å². The van der Waals surface area contributed by atoms with E-state index in [9.17, 15) is 4.79 Å². The van der Waals surface area contributed by atoms with Gasteiger partial charge in [-0.3, -0.25) is 4.79 Å². The van der Waals surface area contributed by atoms with Crippen molar-refractivity contribution in [3.63, 3.8) is 0 Å². The Kier molecular flexibility index (Phi) is 4.94. The molecule has 1 aromatic carbocycles. The third-order valence-electron chi connectivity index (χ3n) is 5.27. The number of carbonyl (C=O) groups excluding carboxylic acids is 1. The van der Waals surface area contributed by atoms with E-state index in [1.807, 2.05) is 31.2 Å². The van der Waals surface area contributed by atoms with Crippen molar-refractivity contribution < 1.29 is 4.79 Å². The zero-order valence-corrected chi connectivity index (χ0v) is 15.6. The molecule has 1 aliphatic heterocycles. The molecule has 0 saturated heterocycles. The number of nitrogens with one attached hydrogen (secondary N) is 3. The van der Waals surface area contributed by atoms with Gasteiger partial charge in [0.15, 0.2) is 0 Å². The van der Waals surface area contributed by atoms with E-state index >= 15 is 0 Å². The van der Waals surface area contributed by atoms with Crippen LogP contribution >= 0.6 is 0 Å². The normalized spacial score (nSPS) is 21.9. The Morgan fingerprint density at radius 1 is 1.22 bits per heavy atom. The number of nitrogens with zero attached hydrogens (tertiary/aromatic N) is 2. The first-order valence-electron chi connectivity index (χ1n) is 9.65. The quantitative estimate of drug-likeness (QED) is 0.663. The summed E-state index contributed by atoms with van der Waals surface area (Å²) >= 11 is 0. The number of hydrogen-bond acceptors (Lipinski definition) is 6. The molecule has 1 aromatic heterocycles. The number of hydrogen-bond donors (Lipinski definition) is 4. The van der Waals surface area contributed by atoms with Gasteiger partial charge in [-0.15, -0.1) is 0 Å². The van der Waals surface area contributed by atoms with E-state index < -0.39 is 0 Å². The van der Waals surface area contributed by atoms with Crippen molar-refractivity contribution in [3.8, 4) is 0 Å². The highest BCUT2D eigenvalue weighted by Gasteiger charge is 2.27. The molecule has 4 rings (SSSR count). The number of aryl methyl sites for hydroxylation is 1. The van der Waals surface area contributed by atoms with E-state index in [0.29, 0.717) is 30.3 Å². The lowest BCUT2D eigenvalue weighted by Gasteiger charge is -2.30. The summed E-state index contributed by atoms with van der Waals surface area (Å²) in [6.45, 7) is 2.62. The molecule has 7 nitrogen and oxygen atoms in total. The summed E-state index contributed by atoms with van der Waals surface area (Å²) in [4.78, 5) is 21.7. The van der Waals surface area contributed by atoms with Crippen LogP contribution in [0.5, 0.6) is 0 Å². The molecule has 1 fully saturated rings. The minimum absolute atomic E-state index is 0.106. The molecule has 7 heteroatoms. The van der Waals surface area contributed by atoms with E-state index in [1.165, 1.54) is 6.42 Å². The van der Waals surface area contributed by atoms with Crippen molar-refractivity contribution in [1.82, 2.24) is 15.3 Å². The second kappa shape index (κ2) is 7.52. The van der Waals surface area contributed by atoms with Crippen molar-refractivity contribution in [3.05, 3.63) is 41.1 Å². The summed E-state index contributed by atoms with van der Waals surface area (Å²) in [5, 5.41) is 9.61. The Morgan fingerprint density at radius 2 is 2.07 bits per heavy atom. The number of nitrogens with two attached hydrogens (primary N) is 1. The molecule has 27 heavy (non-hydrogen) atoms. The van der Waals surface area contributed by atoms with Gasteiger partial charge in [-0.2, -0.15) is 4.98 Å². The van der Waals surface area contributed by atoms with Gasteiger partial charge < -0.3 is 21.7 Å². The number of rotatable bonds is 4. The molecule has 2 heterocycles. The monoisotopic (exact) mass is 366 g/mol. The lowest BCUT2D eigenvalue weighted by molar-refractivity contribution is 0.0945. The Bertz CT molecular complexity index is 852. The lowest BCUT2D eigenvalue weighted by Crippen LogP contribution is -2.43. The molecule has 0 unspecified atom stereocenters. The van der Waals surface area contributed by atoms with Crippen molar-refractivity contribution in [2.75, 3.05) is 17.2 Å². The maximum absolute atomic E-state index is 12.4. The largest absolute Gasteiger partial charge is 0.351 e. The van der Waals surface area contributed by atoms with Gasteiger partial charge in [0.2, 0.25) is 5.95 Å². The van der Waals surface area contributed by atoms with Crippen LogP contribution in [0, 0.1) is 6.92 Å². The van der Waals surface area contributed by atoms with Gasteiger partial charge >= 0.3 is 0 Å². The summed E-state index contributed by atoms with van der Waals surface area (Å²) in [6.07, 6.45) is 5.05. The van der Waals surface area contributed by atoms with Crippen molar-refractivity contribution in [1.29, 1.82) is 0 Å². The molecule has 1 saturated carbocycles. The van der Waals surface area contributed by atoms with Crippen molar-refractivity contribution in [2.24, 2.45) is 5.73 Å². The molecule has 1 aliphatic carbocycles. The molecule has 2 atom stereocenters. The molecule has 5 N–H and O–H groups in total. The average Bonchev–Trinajstić information content (AvgIpc) is 2.64. The number of fused-ring (bicyclic) bond motifs is 1. The fourth-order valence-corrected chi connectivity index (χ4v) is 3.83. The predicted octanol–water partition coefficient (Wildman–Crippen LogP) is 2.50. The van der Waals surface area contributed by atoms with E-state index in [-0.39, 0.29) is 18.0 Å². The molecule has 1 amide bonds. The molecule has 2 aliphatic rings. The molecule has 142 valence electrons. The van der Waals surface area contributed by atoms with Crippen LogP contribution in [-0.2, 0) is 6.42 Å². The van der Waals surface area contributed by atoms with Crippen LogP contribution in [-0.4, -0.2) is 34.5 Å². The van der Waals surface area contributed by atoms with Gasteiger partial charge in [0.25, 0.3) is 5.91 Å².